The Morgan fingerprint density at radius 2 is 2.60 bits per heavy atom. The summed E-state index contributed by atoms with van der Waals surface area (Å²) in [6, 6.07) is 4.22. The summed E-state index contributed by atoms with van der Waals surface area (Å²) in [5.41, 5.74) is 0. The molecule has 0 spiro atoms. The van der Waals surface area contributed by atoms with Gasteiger partial charge in [0.2, 0.25) is 0 Å². The molecule has 0 amide bonds. The van der Waals surface area contributed by atoms with E-state index < -0.39 is 0 Å². The van der Waals surface area contributed by atoms with E-state index >= 15 is 0 Å². The average Bonchev–Trinajstić information content (AvgIpc) is 2.79. The molecule has 0 aliphatic carbocycles. The standard InChI is InChI=1S/C11H17NO2S/c1-2-11(15-7-1)3-5-13-9-10-8-12-4-6-14-10/h1-2,7,10,12H,3-6,8-9H2. The fraction of sp³-hybridized carbons (Fsp3) is 0.636. The van der Waals surface area contributed by atoms with Crippen LogP contribution in [0.2, 0.25) is 0 Å². The Kier molecular flexibility index (Phi) is 4.60. The summed E-state index contributed by atoms with van der Waals surface area (Å²) in [5, 5.41) is 5.39. The first-order valence-electron chi connectivity index (χ1n) is 5.37. The van der Waals surface area contributed by atoms with Crippen LogP contribution in [0.15, 0.2) is 17.5 Å². The minimum Gasteiger partial charge on any atom is -0.378 e. The van der Waals surface area contributed by atoms with Crippen LogP contribution < -0.4 is 5.32 Å². The molecule has 1 unspecified atom stereocenters. The Balaban J connectivity index is 1.54. The number of hydrogen-bond acceptors (Lipinski definition) is 4. The van der Waals surface area contributed by atoms with Gasteiger partial charge in [0.15, 0.2) is 0 Å². The molecule has 1 atom stereocenters. The Hall–Kier alpha value is -0.420. The van der Waals surface area contributed by atoms with Crippen LogP contribution in [0.4, 0.5) is 0 Å². The molecule has 0 radical (unpaired) electrons. The van der Waals surface area contributed by atoms with Crippen molar-refractivity contribution in [1.29, 1.82) is 0 Å². The Labute approximate surface area is 94.4 Å². The molecule has 1 aliphatic heterocycles. The Bertz CT molecular complexity index is 258. The molecule has 1 aromatic rings. The lowest BCUT2D eigenvalue weighted by molar-refractivity contribution is -0.0306. The summed E-state index contributed by atoms with van der Waals surface area (Å²) < 4.78 is 11.1. The van der Waals surface area contributed by atoms with Crippen molar-refractivity contribution in [1.82, 2.24) is 5.32 Å². The summed E-state index contributed by atoms with van der Waals surface area (Å²) in [6.07, 6.45) is 1.25. The smallest absolute Gasteiger partial charge is 0.0933 e. The number of morpholine rings is 1. The highest BCUT2D eigenvalue weighted by Crippen LogP contribution is 2.09. The fourth-order valence-electron chi connectivity index (χ4n) is 1.57. The molecule has 84 valence electrons. The van der Waals surface area contributed by atoms with Crippen LogP contribution in [-0.4, -0.2) is 39.0 Å². The maximum Gasteiger partial charge on any atom is 0.0933 e. The van der Waals surface area contributed by atoms with Gasteiger partial charge in [0.1, 0.15) is 0 Å². The topological polar surface area (TPSA) is 30.5 Å². The summed E-state index contributed by atoms with van der Waals surface area (Å²) in [7, 11) is 0. The van der Waals surface area contributed by atoms with Crippen molar-refractivity contribution >= 4 is 11.3 Å². The monoisotopic (exact) mass is 227 g/mol. The molecule has 0 aromatic carbocycles. The molecule has 1 fully saturated rings. The fourth-order valence-corrected chi connectivity index (χ4v) is 2.26. The van der Waals surface area contributed by atoms with Gasteiger partial charge < -0.3 is 14.8 Å². The van der Waals surface area contributed by atoms with E-state index in [1.54, 1.807) is 11.3 Å². The predicted octanol–water partition coefficient (Wildman–Crippen LogP) is 1.30. The van der Waals surface area contributed by atoms with E-state index in [1.165, 1.54) is 4.88 Å². The van der Waals surface area contributed by atoms with Crippen molar-refractivity contribution in [3.8, 4) is 0 Å². The van der Waals surface area contributed by atoms with Gasteiger partial charge in [0, 0.05) is 24.4 Å². The van der Waals surface area contributed by atoms with Gasteiger partial charge in [0.25, 0.3) is 0 Å². The van der Waals surface area contributed by atoms with E-state index in [4.69, 9.17) is 9.47 Å². The van der Waals surface area contributed by atoms with Crippen LogP contribution in [-0.2, 0) is 15.9 Å². The van der Waals surface area contributed by atoms with Crippen molar-refractivity contribution in [3.63, 3.8) is 0 Å². The minimum atomic E-state index is 0.238. The number of hydrogen-bond donors (Lipinski definition) is 1. The zero-order chi connectivity index (χ0) is 10.3. The molecule has 2 rings (SSSR count). The molecular weight excluding hydrogens is 210 g/mol. The second kappa shape index (κ2) is 6.23. The van der Waals surface area contributed by atoms with Gasteiger partial charge in [-0.15, -0.1) is 11.3 Å². The van der Waals surface area contributed by atoms with Crippen LogP contribution in [0, 0.1) is 0 Å². The van der Waals surface area contributed by atoms with E-state index in [9.17, 15) is 0 Å². The lowest BCUT2D eigenvalue weighted by Gasteiger charge is -2.23. The van der Waals surface area contributed by atoms with E-state index in [2.05, 4.69) is 22.8 Å². The highest BCUT2D eigenvalue weighted by atomic mass is 32.1. The molecule has 3 nitrogen and oxygen atoms in total. The van der Waals surface area contributed by atoms with E-state index in [0.29, 0.717) is 6.61 Å². The van der Waals surface area contributed by atoms with Gasteiger partial charge in [-0.1, -0.05) is 6.07 Å². The van der Waals surface area contributed by atoms with Gasteiger partial charge >= 0.3 is 0 Å². The number of rotatable bonds is 5. The lowest BCUT2D eigenvalue weighted by Crippen LogP contribution is -2.41. The van der Waals surface area contributed by atoms with E-state index in [-0.39, 0.29) is 6.10 Å². The summed E-state index contributed by atoms with van der Waals surface area (Å²) in [6.45, 7) is 4.18. The SMILES string of the molecule is c1csc(CCOCC2CNCCO2)c1. The maximum atomic E-state index is 5.59. The van der Waals surface area contributed by atoms with Crippen molar-refractivity contribution in [3.05, 3.63) is 22.4 Å². The van der Waals surface area contributed by atoms with Crippen LogP contribution in [0.25, 0.3) is 0 Å². The number of thiophene rings is 1. The highest BCUT2D eigenvalue weighted by molar-refractivity contribution is 7.09. The largest absolute Gasteiger partial charge is 0.378 e. The molecule has 4 heteroatoms. The van der Waals surface area contributed by atoms with Gasteiger partial charge in [0.05, 0.1) is 25.9 Å². The molecule has 1 saturated heterocycles. The third-order valence-corrected chi connectivity index (χ3v) is 3.32. The first kappa shape index (κ1) is 11.1. The van der Waals surface area contributed by atoms with Gasteiger partial charge in [-0.05, 0) is 11.4 Å². The Morgan fingerprint density at radius 3 is 3.33 bits per heavy atom. The highest BCUT2D eigenvalue weighted by Gasteiger charge is 2.12. The third kappa shape index (κ3) is 3.91. The Morgan fingerprint density at radius 1 is 1.60 bits per heavy atom. The third-order valence-electron chi connectivity index (χ3n) is 2.38. The normalized spacial score (nSPS) is 21.7. The predicted molar refractivity (Wildman–Crippen MR) is 61.5 cm³/mol. The first-order valence-corrected chi connectivity index (χ1v) is 6.25. The number of nitrogens with one attached hydrogen (secondary N) is 1. The first-order chi connectivity index (χ1) is 7.45. The molecule has 0 saturated carbocycles. The van der Waals surface area contributed by atoms with Crippen LogP contribution in [0.5, 0.6) is 0 Å². The van der Waals surface area contributed by atoms with Crippen LogP contribution in [0.3, 0.4) is 0 Å². The van der Waals surface area contributed by atoms with Crippen molar-refractivity contribution in [2.75, 3.05) is 32.9 Å². The summed E-state index contributed by atoms with van der Waals surface area (Å²) >= 11 is 1.79. The van der Waals surface area contributed by atoms with E-state index in [0.717, 1.165) is 32.7 Å². The second-order valence-corrected chi connectivity index (χ2v) is 4.63. The van der Waals surface area contributed by atoms with Crippen molar-refractivity contribution in [2.24, 2.45) is 0 Å². The van der Waals surface area contributed by atoms with Gasteiger partial charge in [-0.3, -0.25) is 0 Å². The quantitative estimate of drug-likeness (QED) is 0.769. The van der Waals surface area contributed by atoms with Gasteiger partial charge in [-0.2, -0.15) is 0 Å². The van der Waals surface area contributed by atoms with Crippen molar-refractivity contribution in [2.45, 2.75) is 12.5 Å². The number of ether oxygens (including phenoxy) is 2. The summed E-state index contributed by atoms with van der Waals surface area (Å²) in [4.78, 5) is 1.39. The maximum absolute atomic E-state index is 5.59. The molecule has 1 N–H and O–H groups in total. The van der Waals surface area contributed by atoms with Crippen molar-refractivity contribution < 1.29 is 9.47 Å². The molecule has 2 heterocycles. The van der Waals surface area contributed by atoms with Crippen LogP contribution >= 0.6 is 11.3 Å². The molecule has 0 bridgehead atoms. The van der Waals surface area contributed by atoms with Gasteiger partial charge in [-0.25, -0.2) is 0 Å². The molecular formula is C11H17NO2S. The summed E-state index contributed by atoms with van der Waals surface area (Å²) in [5.74, 6) is 0. The zero-order valence-corrected chi connectivity index (χ0v) is 9.59. The molecule has 1 aromatic heterocycles. The van der Waals surface area contributed by atoms with E-state index in [1.807, 2.05) is 0 Å². The molecule has 15 heavy (non-hydrogen) atoms. The second-order valence-electron chi connectivity index (χ2n) is 3.60. The average molecular weight is 227 g/mol. The zero-order valence-electron chi connectivity index (χ0n) is 8.78. The lowest BCUT2D eigenvalue weighted by atomic mass is 10.3. The van der Waals surface area contributed by atoms with Crippen LogP contribution in [0.1, 0.15) is 4.88 Å². The molecule has 1 aliphatic rings. The minimum absolute atomic E-state index is 0.238.